The maximum absolute atomic E-state index is 13.4. The molecule has 6 rings (SSSR count). The maximum Gasteiger partial charge on any atom is 0.254 e. The van der Waals surface area contributed by atoms with E-state index in [1.54, 1.807) is 30.3 Å². The van der Waals surface area contributed by atoms with E-state index in [4.69, 9.17) is 37.2 Å². The number of nitrogens with zero attached hydrogens (tertiary/aromatic N) is 5. The Balaban J connectivity index is 0.897. The van der Waals surface area contributed by atoms with Crippen molar-refractivity contribution in [1.82, 2.24) is 25.4 Å². The largest absolute Gasteiger partial charge is 0.507 e. The second-order valence-corrected chi connectivity index (χ2v) is 12.5. The molecule has 1 saturated heterocycles. The Morgan fingerprint density at radius 3 is 2.37 bits per heavy atom. The molecule has 4 aromatic carbocycles. The lowest BCUT2D eigenvalue weighted by Crippen LogP contribution is -2.48. The smallest absolute Gasteiger partial charge is 0.254 e. The van der Waals surface area contributed by atoms with Gasteiger partial charge < -0.3 is 19.1 Å². The lowest BCUT2D eigenvalue weighted by Gasteiger charge is -2.33. The summed E-state index contributed by atoms with van der Waals surface area (Å²) in [5.74, 6) is -0.615. The number of nitrogens with one attached hydrogen (secondary N) is 1. The van der Waals surface area contributed by atoms with Gasteiger partial charge in [-0.15, -0.1) is 0 Å². The van der Waals surface area contributed by atoms with Gasteiger partial charge in [-0.1, -0.05) is 58.7 Å². The van der Waals surface area contributed by atoms with E-state index in [1.807, 2.05) is 29.2 Å². The SMILES string of the molecule is O=C(CN1CCN(Cc2nc(-c3ccc(COc4ccc(F)c(F)c4)cc3)no2)CC1)NN=Cc1ccc(OCc2ccc(Cl)cc2Cl)cc1O. The number of phenolic OH excluding ortho intramolecular Hbond substituents is 1. The quantitative estimate of drug-likeness (QED) is 0.104. The lowest BCUT2D eigenvalue weighted by atomic mass is 10.1. The van der Waals surface area contributed by atoms with E-state index in [-0.39, 0.29) is 37.2 Å². The number of halogens is 4. The zero-order valence-corrected chi connectivity index (χ0v) is 28.6. The number of rotatable bonds is 13. The van der Waals surface area contributed by atoms with Gasteiger partial charge in [0.2, 0.25) is 11.7 Å². The third-order valence-corrected chi connectivity index (χ3v) is 8.56. The second kappa shape index (κ2) is 16.8. The average Bonchev–Trinajstić information content (AvgIpc) is 3.59. The van der Waals surface area contributed by atoms with Gasteiger partial charge in [-0.3, -0.25) is 14.6 Å². The normalized spacial score (nSPS) is 13.8. The Kier molecular flexibility index (Phi) is 11.7. The molecule has 5 aromatic rings. The molecule has 0 atom stereocenters. The van der Waals surface area contributed by atoms with Crippen LogP contribution in [0.3, 0.4) is 0 Å². The number of carbonyl (C=O) groups excluding carboxylic acids is 1. The first-order chi connectivity index (χ1) is 24.7. The van der Waals surface area contributed by atoms with Crippen molar-refractivity contribution in [1.29, 1.82) is 0 Å². The lowest BCUT2D eigenvalue weighted by molar-refractivity contribution is -0.122. The molecule has 264 valence electrons. The first-order valence-corrected chi connectivity index (χ1v) is 16.6. The molecular formula is C36H32Cl2F2N6O5. The van der Waals surface area contributed by atoms with Crippen LogP contribution in [0.2, 0.25) is 10.0 Å². The van der Waals surface area contributed by atoms with Gasteiger partial charge in [-0.25, -0.2) is 14.2 Å². The van der Waals surface area contributed by atoms with Gasteiger partial charge in [0.15, 0.2) is 11.6 Å². The summed E-state index contributed by atoms with van der Waals surface area (Å²) in [4.78, 5) is 21.2. The number of hydrogen-bond donors (Lipinski definition) is 2. The summed E-state index contributed by atoms with van der Waals surface area (Å²) >= 11 is 12.1. The molecule has 1 aliphatic rings. The molecule has 2 heterocycles. The Labute approximate surface area is 302 Å². The van der Waals surface area contributed by atoms with Crippen molar-refractivity contribution in [3.05, 3.63) is 123 Å². The molecule has 51 heavy (non-hydrogen) atoms. The van der Waals surface area contributed by atoms with Crippen molar-refractivity contribution >= 4 is 35.3 Å². The number of aromatic hydroxyl groups is 1. The molecule has 0 radical (unpaired) electrons. The first kappa shape index (κ1) is 35.7. The minimum absolute atomic E-state index is 0.0557. The van der Waals surface area contributed by atoms with Crippen LogP contribution in [-0.4, -0.2) is 69.9 Å². The second-order valence-electron chi connectivity index (χ2n) is 11.7. The zero-order chi connectivity index (χ0) is 35.7. The number of aromatic nitrogens is 2. The van der Waals surface area contributed by atoms with Crippen LogP contribution in [-0.2, 0) is 24.6 Å². The molecule has 0 spiro atoms. The molecule has 11 nitrogen and oxygen atoms in total. The predicted molar refractivity (Wildman–Crippen MR) is 187 cm³/mol. The van der Waals surface area contributed by atoms with Crippen molar-refractivity contribution in [2.45, 2.75) is 19.8 Å². The summed E-state index contributed by atoms with van der Waals surface area (Å²) in [5, 5.41) is 19.5. The number of ether oxygens (including phenoxy) is 2. The highest BCUT2D eigenvalue weighted by molar-refractivity contribution is 6.35. The van der Waals surface area contributed by atoms with E-state index in [2.05, 4.69) is 25.6 Å². The molecule has 1 aromatic heterocycles. The van der Waals surface area contributed by atoms with Crippen molar-refractivity contribution in [3.63, 3.8) is 0 Å². The number of amides is 1. The summed E-state index contributed by atoms with van der Waals surface area (Å²) in [6, 6.07) is 20.6. The Morgan fingerprint density at radius 1 is 0.902 bits per heavy atom. The molecule has 1 fully saturated rings. The summed E-state index contributed by atoms with van der Waals surface area (Å²) < 4.78 is 43.3. The van der Waals surface area contributed by atoms with E-state index in [0.29, 0.717) is 65.8 Å². The van der Waals surface area contributed by atoms with Crippen molar-refractivity contribution in [3.8, 4) is 28.6 Å². The molecule has 15 heteroatoms. The van der Waals surface area contributed by atoms with Crippen molar-refractivity contribution in [2.75, 3.05) is 32.7 Å². The van der Waals surface area contributed by atoms with Crippen molar-refractivity contribution < 1.29 is 32.7 Å². The average molecular weight is 738 g/mol. The Morgan fingerprint density at radius 2 is 1.63 bits per heavy atom. The van der Waals surface area contributed by atoms with Crippen LogP contribution in [0.25, 0.3) is 11.4 Å². The van der Waals surface area contributed by atoms with Crippen LogP contribution in [0.5, 0.6) is 17.2 Å². The zero-order valence-electron chi connectivity index (χ0n) is 27.1. The molecule has 1 amide bonds. The van der Waals surface area contributed by atoms with Crippen LogP contribution < -0.4 is 14.9 Å². The van der Waals surface area contributed by atoms with Gasteiger partial charge in [0.05, 0.1) is 19.3 Å². The number of benzene rings is 4. The van der Waals surface area contributed by atoms with Gasteiger partial charge in [0.25, 0.3) is 5.91 Å². The van der Waals surface area contributed by atoms with Crippen LogP contribution in [0.1, 0.15) is 22.6 Å². The van der Waals surface area contributed by atoms with Crippen LogP contribution in [0.4, 0.5) is 8.78 Å². The maximum atomic E-state index is 13.4. The first-order valence-electron chi connectivity index (χ1n) is 15.8. The summed E-state index contributed by atoms with van der Waals surface area (Å²) in [5.41, 5.74) is 5.27. The van der Waals surface area contributed by atoms with Gasteiger partial charge in [0, 0.05) is 65.0 Å². The van der Waals surface area contributed by atoms with Gasteiger partial charge >= 0.3 is 0 Å². The fourth-order valence-electron chi connectivity index (χ4n) is 5.15. The minimum Gasteiger partial charge on any atom is -0.507 e. The number of hydrogen-bond acceptors (Lipinski definition) is 10. The van der Waals surface area contributed by atoms with E-state index in [0.717, 1.165) is 28.8 Å². The molecule has 0 saturated carbocycles. The van der Waals surface area contributed by atoms with Gasteiger partial charge in [0.1, 0.15) is 30.5 Å². The number of carbonyl (C=O) groups is 1. The van der Waals surface area contributed by atoms with Crippen LogP contribution in [0, 0.1) is 11.6 Å². The number of piperazine rings is 1. The van der Waals surface area contributed by atoms with Crippen LogP contribution >= 0.6 is 23.2 Å². The summed E-state index contributed by atoms with van der Waals surface area (Å²) in [6.45, 7) is 3.76. The van der Waals surface area contributed by atoms with Gasteiger partial charge in [-0.05, 0) is 42.0 Å². The Hall–Kier alpha value is -5.08. The third-order valence-electron chi connectivity index (χ3n) is 7.97. The molecule has 0 unspecified atom stereocenters. The van der Waals surface area contributed by atoms with E-state index < -0.39 is 11.6 Å². The van der Waals surface area contributed by atoms with Gasteiger partial charge in [-0.2, -0.15) is 10.1 Å². The van der Waals surface area contributed by atoms with E-state index in [9.17, 15) is 18.7 Å². The molecule has 0 bridgehead atoms. The third kappa shape index (κ3) is 10.0. The number of hydrazone groups is 1. The molecular weight excluding hydrogens is 705 g/mol. The minimum atomic E-state index is -0.963. The van der Waals surface area contributed by atoms with E-state index in [1.165, 1.54) is 18.3 Å². The molecule has 1 aliphatic heterocycles. The van der Waals surface area contributed by atoms with E-state index >= 15 is 0 Å². The molecule has 2 N–H and O–H groups in total. The van der Waals surface area contributed by atoms with Crippen molar-refractivity contribution in [2.24, 2.45) is 5.10 Å². The number of phenols is 1. The summed E-state index contributed by atoms with van der Waals surface area (Å²) in [6.07, 6.45) is 1.37. The monoisotopic (exact) mass is 736 g/mol. The fraction of sp³-hybridized carbons (Fsp3) is 0.222. The predicted octanol–water partition coefficient (Wildman–Crippen LogP) is 6.45. The highest BCUT2D eigenvalue weighted by Gasteiger charge is 2.21. The highest BCUT2D eigenvalue weighted by atomic mass is 35.5. The van der Waals surface area contributed by atoms with Crippen LogP contribution in [0.15, 0.2) is 88.5 Å². The molecule has 0 aliphatic carbocycles. The fourth-order valence-corrected chi connectivity index (χ4v) is 5.61. The standard InChI is InChI=1S/C36H32Cl2F2N6O5/c37-27-7-5-26(30(38)15-27)22-50-29-8-6-25(33(47)17-29)18-41-43-34(48)19-45-11-13-46(14-12-45)20-35-42-36(44-51-35)24-3-1-23(2-4-24)21-49-28-9-10-31(39)32(40)16-28/h1-10,15-18,47H,11-14,19-22H2,(H,43,48). The highest BCUT2D eigenvalue weighted by Crippen LogP contribution is 2.26. The topological polar surface area (TPSA) is 126 Å². The summed E-state index contributed by atoms with van der Waals surface area (Å²) in [7, 11) is 0. The Bertz CT molecular complexity index is 2000.